The number of hydrogen-bond acceptors (Lipinski definition) is 3. The molecule has 3 N–H and O–H groups in total. The molecule has 0 saturated carbocycles. The highest BCUT2D eigenvalue weighted by Crippen LogP contribution is 2.20. The average molecular weight is 301 g/mol. The molecule has 2 rings (SSSR count). The van der Waals surface area contributed by atoms with Gasteiger partial charge >= 0.3 is 0 Å². The minimum absolute atomic E-state index is 0.0913. The molecule has 22 heavy (non-hydrogen) atoms. The summed E-state index contributed by atoms with van der Waals surface area (Å²) in [5.74, 6) is -0.276. The van der Waals surface area contributed by atoms with Crippen LogP contribution in [0.3, 0.4) is 0 Å². The summed E-state index contributed by atoms with van der Waals surface area (Å²) in [6, 6.07) is 11.2. The van der Waals surface area contributed by atoms with Crippen LogP contribution in [0.25, 0.3) is 0 Å². The van der Waals surface area contributed by atoms with Crippen LogP contribution in [0.2, 0.25) is 0 Å². The summed E-state index contributed by atoms with van der Waals surface area (Å²) in [7, 11) is 0. The molecule has 5 nitrogen and oxygen atoms in total. The van der Waals surface area contributed by atoms with E-state index in [-0.39, 0.29) is 24.0 Å². The molecule has 1 heterocycles. The first-order valence-corrected chi connectivity index (χ1v) is 7.41. The maximum atomic E-state index is 12.2. The second kappa shape index (κ2) is 6.75. The van der Waals surface area contributed by atoms with E-state index in [0.29, 0.717) is 12.1 Å². The molecule has 0 bridgehead atoms. The number of carbonyl (C=O) groups is 1. The van der Waals surface area contributed by atoms with Gasteiger partial charge in [0.1, 0.15) is 5.69 Å². The van der Waals surface area contributed by atoms with Crippen molar-refractivity contribution in [3.8, 4) is 0 Å². The van der Waals surface area contributed by atoms with Gasteiger partial charge < -0.3 is 10.4 Å². The predicted octanol–water partition coefficient (Wildman–Crippen LogP) is 2.04. The number of hydrogen-bond donors (Lipinski definition) is 3. The summed E-state index contributed by atoms with van der Waals surface area (Å²) in [5, 5.41) is 19.3. The van der Waals surface area contributed by atoms with E-state index in [1.165, 1.54) is 0 Å². The van der Waals surface area contributed by atoms with Gasteiger partial charge in [0.05, 0.1) is 12.6 Å². The second-order valence-electron chi connectivity index (χ2n) is 6.46. The lowest BCUT2D eigenvalue weighted by atomic mass is 9.92. The van der Waals surface area contributed by atoms with Crippen LogP contribution in [0.1, 0.15) is 42.5 Å². The zero-order chi connectivity index (χ0) is 16.2. The Morgan fingerprint density at radius 3 is 2.55 bits per heavy atom. The van der Waals surface area contributed by atoms with E-state index in [4.69, 9.17) is 0 Å². The Kier molecular flexibility index (Phi) is 4.98. The van der Waals surface area contributed by atoms with Crippen molar-refractivity contribution in [2.75, 3.05) is 6.61 Å². The lowest BCUT2D eigenvalue weighted by Crippen LogP contribution is -2.39. The topological polar surface area (TPSA) is 78.0 Å². The first-order valence-electron chi connectivity index (χ1n) is 7.41. The lowest BCUT2D eigenvalue weighted by molar-refractivity contribution is 0.0911. The number of nitrogens with zero attached hydrogens (tertiary/aromatic N) is 1. The maximum absolute atomic E-state index is 12.2. The first kappa shape index (κ1) is 16.2. The lowest BCUT2D eigenvalue weighted by Gasteiger charge is -2.16. The van der Waals surface area contributed by atoms with Crippen LogP contribution in [-0.4, -0.2) is 33.9 Å². The van der Waals surface area contributed by atoms with Crippen molar-refractivity contribution in [2.45, 2.75) is 38.6 Å². The fraction of sp³-hybridized carbons (Fsp3) is 0.412. The highest BCUT2D eigenvalue weighted by molar-refractivity contribution is 5.92. The second-order valence-corrected chi connectivity index (χ2v) is 6.46. The minimum Gasteiger partial charge on any atom is -0.394 e. The molecule has 0 aliphatic carbocycles. The molecule has 1 aromatic carbocycles. The Morgan fingerprint density at radius 1 is 1.32 bits per heavy atom. The summed E-state index contributed by atoms with van der Waals surface area (Å²) in [4.78, 5) is 12.2. The molecule has 0 radical (unpaired) electrons. The number of aromatic amines is 1. The summed E-state index contributed by atoms with van der Waals surface area (Å²) in [5.41, 5.74) is 2.23. The molecule has 5 heteroatoms. The van der Waals surface area contributed by atoms with E-state index < -0.39 is 0 Å². The van der Waals surface area contributed by atoms with Crippen LogP contribution in [0.5, 0.6) is 0 Å². The third-order valence-electron chi connectivity index (χ3n) is 3.50. The van der Waals surface area contributed by atoms with Gasteiger partial charge in [0.15, 0.2) is 0 Å². The fourth-order valence-corrected chi connectivity index (χ4v) is 2.14. The van der Waals surface area contributed by atoms with Gasteiger partial charge in [-0.05, 0) is 18.1 Å². The number of H-pyrrole nitrogens is 1. The summed E-state index contributed by atoms with van der Waals surface area (Å²) >= 11 is 0. The van der Waals surface area contributed by atoms with E-state index in [1.807, 2.05) is 51.1 Å². The van der Waals surface area contributed by atoms with Crippen molar-refractivity contribution in [1.29, 1.82) is 0 Å². The normalized spacial score (nSPS) is 12.9. The molecule has 1 amide bonds. The zero-order valence-electron chi connectivity index (χ0n) is 13.3. The summed E-state index contributed by atoms with van der Waals surface area (Å²) < 4.78 is 0. The van der Waals surface area contributed by atoms with Crippen molar-refractivity contribution >= 4 is 5.91 Å². The maximum Gasteiger partial charge on any atom is 0.272 e. The molecule has 0 saturated heterocycles. The average Bonchev–Trinajstić information content (AvgIpc) is 2.97. The Balaban J connectivity index is 2.01. The van der Waals surface area contributed by atoms with Gasteiger partial charge in [-0.25, -0.2) is 0 Å². The molecule has 0 unspecified atom stereocenters. The number of aliphatic hydroxyl groups excluding tert-OH is 1. The SMILES string of the molecule is CC(C)(C)c1cc(C(=O)N[C@H](CO)Cc2ccccc2)n[nH]1. The largest absolute Gasteiger partial charge is 0.394 e. The Hall–Kier alpha value is -2.14. The number of amides is 1. The molecule has 118 valence electrons. The smallest absolute Gasteiger partial charge is 0.272 e. The van der Waals surface area contributed by atoms with E-state index >= 15 is 0 Å². The van der Waals surface area contributed by atoms with Gasteiger partial charge in [-0.3, -0.25) is 9.89 Å². The summed E-state index contributed by atoms with van der Waals surface area (Å²) in [6.45, 7) is 6.04. The molecule has 0 fully saturated rings. The van der Waals surface area contributed by atoms with Crippen LogP contribution in [-0.2, 0) is 11.8 Å². The quantitative estimate of drug-likeness (QED) is 0.791. The van der Waals surface area contributed by atoms with Crippen LogP contribution >= 0.6 is 0 Å². The highest BCUT2D eigenvalue weighted by atomic mass is 16.3. The predicted molar refractivity (Wildman–Crippen MR) is 85.8 cm³/mol. The van der Waals surface area contributed by atoms with Gasteiger partial charge in [0, 0.05) is 11.1 Å². The molecule has 0 spiro atoms. The molecule has 1 atom stereocenters. The van der Waals surface area contributed by atoms with Crippen LogP contribution in [0, 0.1) is 0 Å². The third-order valence-corrected chi connectivity index (χ3v) is 3.50. The Labute approximate surface area is 130 Å². The fourth-order valence-electron chi connectivity index (χ4n) is 2.14. The van der Waals surface area contributed by atoms with Gasteiger partial charge in [-0.15, -0.1) is 0 Å². The van der Waals surface area contributed by atoms with Gasteiger partial charge in [0.2, 0.25) is 0 Å². The number of carbonyl (C=O) groups excluding carboxylic acids is 1. The molecule has 0 aliphatic heterocycles. The number of aromatic nitrogens is 2. The molecule has 2 aromatic rings. The standard InChI is InChI=1S/C17H23N3O2/c1-17(2,3)15-10-14(19-20-15)16(22)18-13(11-21)9-12-7-5-4-6-8-12/h4-8,10,13,21H,9,11H2,1-3H3,(H,18,22)(H,19,20)/t13-/m0/s1. The zero-order valence-corrected chi connectivity index (χ0v) is 13.3. The van der Waals surface area contributed by atoms with E-state index in [1.54, 1.807) is 6.07 Å². The molecular weight excluding hydrogens is 278 g/mol. The number of rotatable bonds is 5. The third kappa shape index (κ3) is 4.18. The van der Waals surface area contributed by atoms with E-state index in [0.717, 1.165) is 11.3 Å². The van der Waals surface area contributed by atoms with Crippen LogP contribution in [0.4, 0.5) is 0 Å². The van der Waals surface area contributed by atoms with Crippen molar-refractivity contribution in [3.63, 3.8) is 0 Å². The Morgan fingerprint density at radius 2 is 2.00 bits per heavy atom. The van der Waals surface area contributed by atoms with E-state index in [9.17, 15) is 9.90 Å². The van der Waals surface area contributed by atoms with Gasteiger partial charge in [-0.2, -0.15) is 5.10 Å². The van der Waals surface area contributed by atoms with Crippen molar-refractivity contribution in [3.05, 3.63) is 53.3 Å². The minimum atomic E-state index is -0.329. The van der Waals surface area contributed by atoms with Crippen molar-refractivity contribution in [1.82, 2.24) is 15.5 Å². The number of aliphatic hydroxyl groups is 1. The summed E-state index contributed by atoms with van der Waals surface area (Å²) in [6.07, 6.45) is 0.583. The van der Waals surface area contributed by atoms with Crippen molar-refractivity contribution in [2.24, 2.45) is 0 Å². The molecule has 0 aliphatic rings. The Bertz CT molecular complexity index is 614. The molecular formula is C17H23N3O2. The van der Waals surface area contributed by atoms with Gasteiger partial charge in [-0.1, -0.05) is 51.1 Å². The number of nitrogens with one attached hydrogen (secondary N) is 2. The van der Waals surface area contributed by atoms with Gasteiger partial charge in [0.25, 0.3) is 5.91 Å². The highest BCUT2D eigenvalue weighted by Gasteiger charge is 2.20. The monoisotopic (exact) mass is 301 g/mol. The van der Waals surface area contributed by atoms with Crippen LogP contribution < -0.4 is 5.32 Å². The van der Waals surface area contributed by atoms with E-state index in [2.05, 4.69) is 15.5 Å². The first-order chi connectivity index (χ1) is 10.4. The van der Waals surface area contributed by atoms with Crippen molar-refractivity contribution < 1.29 is 9.90 Å². The number of benzene rings is 1. The molecule has 1 aromatic heterocycles. The van der Waals surface area contributed by atoms with Crippen LogP contribution in [0.15, 0.2) is 36.4 Å².